The van der Waals surface area contributed by atoms with Gasteiger partial charge in [0.1, 0.15) is 46.9 Å². The van der Waals surface area contributed by atoms with Crippen molar-refractivity contribution in [1.29, 1.82) is 0 Å². The number of nitrogens with zero attached hydrogens (tertiary/aromatic N) is 5. The van der Waals surface area contributed by atoms with E-state index in [9.17, 15) is 28.3 Å². The highest BCUT2D eigenvalue weighted by Crippen LogP contribution is 2.36. The number of carbonyl (C=O) groups is 2. The van der Waals surface area contributed by atoms with E-state index in [4.69, 9.17) is 33.7 Å². The molecule has 2 amide bonds. The van der Waals surface area contributed by atoms with Crippen molar-refractivity contribution < 1.29 is 28.2 Å². The van der Waals surface area contributed by atoms with Crippen molar-refractivity contribution >= 4 is 57.6 Å². The van der Waals surface area contributed by atoms with Gasteiger partial charge in [0.05, 0.1) is 28.2 Å². The van der Waals surface area contributed by atoms with Gasteiger partial charge in [-0.25, -0.2) is 14.4 Å². The second kappa shape index (κ2) is 11.4. The molecule has 1 unspecified atom stereocenters. The number of amides is 2. The van der Waals surface area contributed by atoms with Crippen LogP contribution in [0, 0.1) is 12.9 Å². The topological polar surface area (TPSA) is 158 Å². The first-order chi connectivity index (χ1) is 20.3. The smallest absolute Gasteiger partial charge is 0.263 e. The van der Waals surface area contributed by atoms with Crippen LogP contribution in [0.5, 0.6) is 5.75 Å². The van der Waals surface area contributed by atoms with Crippen molar-refractivity contribution in [1.82, 2.24) is 19.1 Å². The number of aryl methyl sites for hydroxylation is 1. The molecule has 0 aliphatic carbocycles. The third-order valence-electron chi connectivity index (χ3n) is 7.28. The molecule has 1 aliphatic rings. The molecule has 4 N–H and O–H groups in total. The van der Waals surface area contributed by atoms with Gasteiger partial charge in [-0.15, -0.1) is 0 Å². The van der Waals surface area contributed by atoms with Crippen LogP contribution in [-0.4, -0.2) is 68.5 Å². The van der Waals surface area contributed by atoms with E-state index in [-0.39, 0.29) is 57.3 Å². The number of nitrogens with one attached hydrogen (secondary N) is 1. The summed E-state index contributed by atoms with van der Waals surface area (Å²) in [5, 5.41) is 12.2. The zero-order valence-electron chi connectivity index (χ0n) is 23.0. The maximum Gasteiger partial charge on any atom is 0.263 e. The SMILES string of the molecule is COC1CN(c2cc(NC(=O)Cn3cc(-c4cc(Cl)c(O)c(C(N)=O)c4)c4c(=O)n(C)c(C)nc43)c(Cl)c(F)n2)C[C@H]1F. The highest BCUT2D eigenvalue weighted by atomic mass is 35.5. The van der Waals surface area contributed by atoms with Gasteiger partial charge < -0.3 is 30.4 Å². The Morgan fingerprint density at radius 2 is 1.95 bits per heavy atom. The Labute approximate surface area is 252 Å². The summed E-state index contributed by atoms with van der Waals surface area (Å²) in [6, 6.07) is 3.95. The van der Waals surface area contributed by atoms with Crippen molar-refractivity contribution in [2.45, 2.75) is 25.7 Å². The van der Waals surface area contributed by atoms with Crippen LogP contribution in [0.25, 0.3) is 22.2 Å². The molecular formula is C27H25Cl2F2N7O5. The lowest BCUT2D eigenvalue weighted by molar-refractivity contribution is -0.116. The average Bonchev–Trinajstić information content (AvgIpc) is 3.51. The van der Waals surface area contributed by atoms with E-state index in [1.54, 1.807) is 6.92 Å². The number of hydrogen-bond acceptors (Lipinski definition) is 8. The molecule has 1 fully saturated rings. The lowest BCUT2D eigenvalue weighted by atomic mass is 10.0. The number of aromatic nitrogens is 4. The predicted molar refractivity (Wildman–Crippen MR) is 156 cm³/mol. The van der Waals surface area contributed by atoms with Gasteiger partial charge in [0.15, 0.2) is 0 Å². The van der Waals surface area contributed by atoms with E-state index in [0.717, 1.165) is 0 Å². The molecule has 0 spiro atoms. The van der Waals surface area contributed by atoms with Crippen LogP contribution in [0.4, 0.5) is 20.3 Å². The second-order valence-corrected chi connectivity index (χ2v) is 10.8. The van der Waals surface area contributed by atoms with Gasteiger partial charge in [-0.2, -0.15) is 4.39 Å². The zero-order valence-corrected chi connectivity index (χ0v) is 24.5. The lowest BCUT2D eigenvalue weighted by Gasteiger charge is -2.18. The number of alkyl halides is 1. The summed E-state index contributed by atoms with van der Waals surface area (Å²) in [4.78, 5) is 48.3. The van der Waals surface area contributed by atoms with Gasteiger partial charge in [-0.3, -0.25) is 19.0 Å². The summed E-state index contributed by atoms with van der Waals surface area (Å²) in [5.74, 6) is -2.78. The zero-order chi connectivity index (χ0) is 31.3. The first kappa shape index (κ1) is 30.2. The van der Waals surface area contributed by atoms with Crippen molar-refractivity contribution in [3.8, 4) is 16.9 Å². The number of hydrogen-bond donors (Lipinski definition) is 3. The number of fused-ring (bicyclic) bond motifs is 1. The number of rotatable bonds is 7. The van der Waals surface area contributed by atoms with Crippen LogP contribution in [-0.2, 0) is 23.1 Å². The molecule has 3 aromatic heterocycles. The Morgan fingerprint density at radius 1 is 1.23 bits per heavy atom. The van der Waals surface area contributed by atoms with E-state index in [2.05, 4.69) is 15.3 Å². The van der Waals surface area contributed by atoms with Gasteiger partial charge in [0.25, 0.3) is 11.5 Å². The predicted octanol–water partition coefficient (Wildman–Crippen LogP) is 3.17. The van der Waals surface area contributed by atoms with Gasteiger partial charge in [0.2, 0.25) is 11.9 Å². The molecule has 43 heavy (non-hydrogen) atoms. The van der Waals surface area contributed by atoms with E-state index >= 15 is 0 Å². The molecule has 0 bridgehead atoms. The molecule has 4 heterocycles. The second-order valence-electron chi connectivity index (χ2n) is 9.99. The number of phenols is 1. The molecule has 5 rings (SSSR count). The van der Waals surface area contributed by atoms with Crippen molar-refractivity contribution in [3.63, 3.8) is 0 Å². The van der Waals surface area contributed by atoms with Crippen molar-refractivity contribution in [2.24, 2.45) is 12.8 Å². The van der Waals surface area contributed by atoms with Gasteiger partial charge in [-0.1, -0.05) is 23.2 Å². The fourth-order valence-electron chi connectivity index (χ4n) is 4.93. The number of primary amides is 1. The summed E-state index contributed by atoms with van der Waals surface area (Å²) in [5.41, 5.74) is 5.24. The fourth-order valence-corrected chi connectivity index (χ4v) is 5.29. The summed E-state index contributed by atoms with van der Waals surface area (Å²) >= 11 is 12.3. The first-order valence-corrected chi connectivity index (χ1v) is 13.5. The lowest BCUT2D eigenvalue weighted by Crippen LogP contribution is -2.25. The number of anilines is 2. The molecule has 16 heteroatoms. The fraction of sp³-hybridized carbons (Fsp3) is 0.296. The molecule has 1 saturated heterocycles. The van der Waals surface area contributed by atoms with Gasteiger partial charge in [0, 0.05) is 38.5 Å². The summed E-state index contributed by atoms with van der Waals surface area (Å²) in [6.07, 6.45) is -0.575. The molecule has 226 valence electrons. The Kier molecular flexibility index (Phi) is 8.03. The number of methoxy groups -OCH3 is 1. The number of carbonyl (C=O) groups excluding carboxylic acids is 2. The van der Waals surface area contributed by atoms with Crippen LogP contribution in [0.1, 0.15) is 16.2 Å². The van der Waals surface area contributed by atoms with Gasteiger partial charge in [-0.05, 0) is 24.6 Å². The maximum absolute atomic E-state index is 14.7. The quantitative estimate of drug-likeness (QED) is 0.261. The number of benzene rings is 1. The monoisotopic (exact) mass is 635 g/mol. The van der Waals surface area contributed by atoms with Crippen LogP contribution in [0.15, 0.2) is 29.2 Å². The maximum atomic E-state index is 14.7. The Morgan fingerprint density at radius 3 is 2.60 bits per heavy atom. The van der Waals surface area contributed by atoms with Crippen molar-refractivity contribution in [3.05, 3.63) is 62.1 Å². The van der Waals surface area contributed by atoms with Crippen LogP contribution < -0.4 is 21.5 Å². The number of ether oxygens (including phenoxy) is 1. The average molecular weight is 636 g/mol. The molecule has 4 aromatic rings. The minimum Gasteiger partial charge on any atom is -0.506 e. The third kappa shape index (κ3) is 5.48. The Balaban J connectivity index is 1.53. The van der Waals surface area contributed by atoms with E-state index in [1.807, 2.05) is 0 Å². The highest BCUT2D eigenvalue weighted by molar-refractivity contribution is 6.34. The minimum absolute atomic E-state index is 0.0587. The number of aromatic hydroxyl groups is 1. The van der Waals surface area contributed by atoms with E-state index in [0.29, 0.717) is 5.82 Å². The molecule has 12 nitrogen and oxygen atoms in total. The Hall–Kier alpha value is -4.27. The summed E-state index contributed by atoms with van der Waals surface area (Å²) in [7, 11) is 2.90. The van der Waals surface area contributed by atoms with Crippen LogP contribution in [0.3, 0.4) is 0 Å². The standard InChI is InChI=1S/C27H25Cl2F2N7O5/c1-11-33-26-21(27(42)36(11)2)14(12-4-13(25(32)41)23(40)15(28)5-12)7-38(26)10-20(39)34-17-6-19(35-24(31)22(17)29)37-8-16(30)18(9-37)43-3/h4-7,16,18,40H,8-10H2,1-3H3,(H2,32,41)(H,34,35,39)/t16-,18?/m1/s1. The normalized spacial score (nSPS) is 16.7. The first-order valence-electron chi connectivity index (χ1n) is 12.8. The Bertz CT molecular complexity index is 1860. The number of halogens is 4. The molecule has 1 aliphatic heterocycles. The minimum atomic E-state index is -1.31. The molecule has 1 aromatic carbocycles. The van der Waals surface area contributed by atoms with Crippen LogP contribution >= 0.6 is 23.2 Å². The number of nitrogens with two attached hydrogens (primary N) is 1. The molecule has 0 radical (unpaired) electrons. The highest BCUT2D eigenvalue weighted by Gasteiger charge is 2.34. The summed E-state index contributed by atoms with van der Waals surface area (Å²) in [6.45, 7) is 1.24. The van der Waals surface area contributed by atoms with Crippen LogP contribution in [0.2, 0.25) is 10.0 Å². The summed E-state index contributed by atoms with van der Waals surface area (Å²) < 4.78 is 36.7. The molecular weight excluding hydrogens is 611 g/mol. The largest absolute Gasteiger partial charge is 0.506 e. The number of pyridine rings is 1. The van der Waals surface area contributed by atoms with E-state index in [1.165, 1.54) is 52.6 Å². The molecule has 2 atom stereocenters. The third-order valence-corrected chi connectivity index (χ3v) is 7.93. The van der Waals surface area contributed by atoms with Crippen molar-refractivity contribution in [2.75, 3.05) is 30.4 Å². The van der Waals surface area contributed by atoms with Gasteiger partial charge >= 0.3 is 0 Å². The molecule has 0 saturated carbocycles. The van der Waals surface area contributed by atoms with E-state index < -0.39 is 52.9 Å².